The zero-order valence-electron chi connectivity index (χ0n) is 24.0. The molecule has 4 rings (SSSR count). The lowest BCUT2D eigenvalue weighted by Gasteiger charge is -2.24. The molecule has 3 aromatic carbocycles. The van der Waals surface area contributed by atoms with Crippen molar-refractivity contribution in [1.82, 2.24) is 15.2 Å². The molecule has 0 aliphatic rings. The molecule has 1 aromatic heterocycles. The number of aryl methyl sites for hydroxylation is 1. The number of ether oxygens (including phenoxy) is 1. The summed E-state index contributed by atoms with van der Waals surface area (Å²) < 4.78 is 12.0. The van der Waals surface area contributed by atoms with E-state index in [4.69, 9.17) is 9.15 Å². The fourth-order valence-electron chi connectivity index (χ4n) is 4.60. The molecule has 0 radical (unpaired) electrons. The number of benzene rings is 3. The van der Waals surface area contributed by atoms with Gasteiger partial charge in [-0.15, -0.1) is 0 Å². The second-order valence-corrected chi connectivity index (χ2v) is 11.2. The molecule has 4 aromatic rings. The van der Waals surface area contributed by atoms with Gasteiger partial charge in [0.1, 0.15) is 17.4 Å². The van der Waals surface area contributed by atoms with Crippen LogP contribution in [0.3, 0.4) is 0 Å². The zero-order valence-corrected chi connectivity index (χ0v) is 24.0. The standard InChI is InChI=1S/C32H34N4O6/c1-32(2,3)42-30(39)35-24(15-21-6-5-7-26(37)16-21)18-29(38)34-25(19-33)14-20-8-10-22(11-9-20)23-12-13-28-27(17-23)36(4)31(40)41-28/h5-13,16-17,24-25,37H,14-15,18H2,1-4H3,(H,34,38)(H,35,39)/t24-,25-/m0/s1. The van der Waals surface area contributed by atoms with Crippen molar-refractivity contribution in [3.63, 3.8) is 0 Å². The highest BCUT2D eigenvalue weighted by Gasteiger charge is 2.23. The molecule has 0 unspecified atom stereocenters. The quantitative estimate of drug-likeness (QED) is 0.267. The van der Waals surface area contributed by atoms with E-state index in [0.29, 0.717) is 11.1 Å². The number of nitrogens with one attached hydrogen (secondary N) is 2. The molecular weight excluding hydrogens is 536 g/mol. The van der Waals surface area contributed by atoms with Gasteiger partial charge in [0.05, 0.1) is 11.6 Å². The van der Waals surface area contributed by atoms with Gasteiger partial charge < -0.3 is 24.9 Å². The monoisotopic (exact) mass is 570 g/mol. The van der Waals surface area contributed by atoms with Gasteiger partial charge in [-0.25, -0.2) is 9.59 Å². The Morgan fingerprint density at radius 2 is 1.71 bits per heavy atom. The van der Waals surface area contributed by atoms with Gasteiger partial charge in [-0.3, -0.25) is 9.36 Å². The van der Waals surface area contributed by atoms with Crippen LogP contribution in [0.25, 0.3) is 22.2 Å². The highest BCUT2D eigenvalue weighted by molar-refractivity contribution is 5.81. The molecule has 10 heteroatoms. The second kappa shape index (κ2) is 12.6. The lowest BCUT2D eigenvalue weighted by Crippen LogP contribution is -2.44. The van der Waals surface area contributed by atoms with Crippen LogP contribution in [0.1, 0.15) is 38.3 Å². The fraction of sp³-hybridized carbons (Fsp3) is 0.312. The molecule has 2 amide bonds. The highest BCUT2D eigenvalue weighted by Crippen LogP contribution is 2.24. The molecule has 0 fully saturated rings. The average molecular weight is 571 g/mol. The Kier molecular flexibility index (Phi) is 9.01. The summed E-state index contributed by atoms with van der Waals surface area (Å²) in [6, 6.07) is 20.4. The van der Waals surface area contributed by atoms with Crippen molar-refractivity contribution in [2.45, 2.75) is 57.7 Å². The van der Waals surface area contributed by atoms with Crippen LogP contribution in [-0.2, 0) is 29.4 Å². The summed E-state index contributed by atoms with van der Waals surface area (Å²) in [5.74, 6) is -0.747. The molecule has 218 valence electrons. The minimum Gasteiger partial charge on any atom is -0.508 e. The van der Waals surface area contributed by atoms with Crippen LogP contribution in [0, 0.1) is 11.3 Å². The molecule has 0 aliphatic carbocycles. The van der Waals surface area contributed by atoms with E-state index in [0.717, 1.165) is 22.3 Å². The molecular formula is C32H34N4O6. The zero-order chi connectivity index (χ0) is 30.4. The van der Waals surface area contributed by atoms with Gasteiger partial charge >= 0.3 is 11.8 Å². The van der Waals surface area contributed by atoms with E-state index in [1.54, 1.807) is 52.1 Å². The minimum atomic E-state index is -0.789. The molecule has 10 nitrogen and oxygen atoms in total. The number of nitriles is 1. The van der Waals surface area contributed by atoms with E-state index < -0.39 is 35.4 Å². The summed E-state index contributed by atoms with van der Waals surface area (Å²) in [6.07, 6.45) is -0.190. The van der Waals surface area contributed by atoms with Crippen molar-refractivity contribution in [2.75, 3.05) is 0 Å². The SMILES string of the molecule is Cn1c(=O)oc2ccc(-c3ccc(C[C@@H](C#N)NC(=O)C[C@H](Cc4cccc(O)c4)NC(=O)OC(C)(C)C)cc3)cc21. The molecule has 1 heterocycles. The Balaban J connectivity index is 1.40. The predicted molar refractivity (Wildman–Crippen MR) is 158 cm³/mol. The van der Waals surface area contributed by atoms with Crippen LogP contribution in [0.15, 0.2) is 75.9 Å². The Morgan fingerprint density at radius 3 is 2.38 bits per heavy atom. The van der Waals surface area contributed by atoms with Crippen LogP contribution in [0.5, 0.6) is 5.75 Å². The number of phenolic OH excluding ortho intramolecular Hbond substituents is 1. The summed E-state index contributed by atoms with van der Waals surface area (Å²) in [6.45, 7) is 5.24. The maximum Gasteiger partial charge on any atom is 0.419 e. The summed E-state index contributed by atoms with van der Waals surface area (Å²) in [5.41, 5.74) is 3.91. The highest BCUT2D eigenvalue weighted by atomic mass is 16.6. The van der Waals surface area contributed by atoms with E-state index in [1.165, 1.54) is 10.6 Å². The van der Waals surface area contributed by atoms with Crippen LogP contribution in [0.2, 0.25) is 0 Å². The minimum absolute atomic E-state index is 0.0798. The number of hydrogen-bond acceptors (Lipinski definition) is 7. The number of aromatic hydroxyl groups is 1. The third-order valence-electron chi connectivity index (χ3n) is 6.55. The largest absolute Gasteiger partial charge is 0.508 e. The van der Waals surface area contributed by atoms with Crippen LogP contribution >= 0.6 is 0 Å². The third-order valence-corrected chi connectivity index (χ3v) is 6.55. The number of rotatable bonds is 9. The summed E-state index contributed by atoms with van der Waals surface area (Å²) >= 11 is 0. The number of amides is 2. The summed E-state index contributed by atoms with van der Waals surface area (Å²) in [7, 11) is 1.65. The molecule has 0 aliphatic heterocycles. The number of alkyl carbamates (subject to hydrolysis) is 1. The Morgan fingerprint density at radius 1 is 1.00 bits per heavy atom. The first-order chi connectivity index (χ1) is 19.9. The van der Waals surface area contributed by atoms with Gasteiger partial charge in [-0.1, -0.05) is 42.5 Å². The molecule has 2 atom stereocenters. The maximum absolute atomic E-state index is 13.0. The number of fused-ring (bicyclic) bond motifs is 1. The number of phenols is 1. The van der Waals surface area contributed by atoms with E-state index in [9.17, 15) is 24.8 Å². The lowest BCUT2D eigenvalue weighted by atomic mass is 10.00. The molecule has 0 saturated carbocycles. The average Bonchev–Trinajstić information content (AvgIpc) is 3.20. The number of hydrogen-bond donors (Lipinski definition) is 3. The van der Waals surface area contributed by atoms with Crippen molar-refractivity contribution in [1.29, 1.82) is 5.26 Å². The van der Waals surface area contributed by atoms with Gasteiger partial charge in [-0.05, 0) is 73.7 Å². The smallest absolute Gasteiger partial charge is 0.419 e. The molecule has 0 saturated heterocycles. The molecule has 42 heavy (non-hydrogen) atoms. The van der Waals surface area contributed by atoms with Crippen molar-refractivity contribution in [3.8, 4) is 22.9 Å². The van der Waals surface area contributed by atoms with Crippen LogP contribution < -0.4 is 16.4 Å². The summed E-state index contributed by atoms with van der Waals surface area (Å²) in [4.78, 5) is 37.2. The number of nitrogens with zero attached hydrogens (tertiary/aromatic N) is 2. The number of oxazole rings is 1. The maximum atomic E-state index is 13.0. The van der Waals surface area contributed by atoms with Crippen molar-refractivity contribution in [2.24, 2.45) is 7.05 Å². The van der Waals surface area contributed by atoms with Gasteiger partial charge in [-0.2, -0.15) is 5.26 Å². The number of aromatic nitrogens is 1. The number of carbonyl (C=O) groups is 2. The summed E-state index contributed by atoms with van der Waals surface area (Å²) in [5, 5.41) is 25.1. The van der Waals surface area contributed by atoms with Crippen LogP contribution in [0.4, 0.5) is 4.79 Å². The Bertz CT molecular complexity index is 1670. The molecule has 0 spiro atoms. The normalized spacial score (nSPS) is 12.7. The predicted octanol–water partition coefficient (Wildman–Crippen LogP) is 4.58. The van der Waals surface area contributed by atoms with Crippen LogP contribution in [-0.4, -0.2) is 39.4 Å². The van der Waals surface area contributed by atoms with E-state index in [1.807, 2.05) is 36.4 Å². The fourth-order valence-corrected chi connectivity index (χ4v) is 4.60. The van der Waals surface area contributed by atoms with E-state index in [2.05, 4.69) is 16.7 Å². The third kappa shape index (κ3) is 8.01. The van der Waals surface area contributed by atoms with Gasteiger partial charge in [0, 0.05) is 25.9 Å². The first kappa shape index (κ1) is 29.9. The van der Waals surface area contributed by atoms with Crippen molar-refractivity contribution < 1.29 is 23.8 Å². The Hall–Kier alpha value is -5.04. The topological polar surface area (TPSA) is 147 Å². The lowest BCUT2D eigenvalue weighted by molar-refractivity contribution is -0.121. The Labute approximate surface area is 243 Å². The first-order valence-corrected chi connectivity index (χ1v) is 13.6. The van der Waals surface area contributed by atoms with Gasteiger partial charge in [0.25, 0.3) is 0 Å². The van der Waals surface area contributed by atoms with Gasteiger partial charge in [0.15, 0.2) is 5.58 Å². The first-order valence-electron chi connectivity index (χ1n) is 13.6. The van der Waals surface area contributed by atoms with E-state index >= 15 is 0 Å². The molecule has 0 bridgehead atoms. The van der Waals surface area contributed by atoms with E-state index in [-0.39, 0.29) is 25.0 Å². The van der Waals surface area contributed by atoms with Crippen molar-refractivity contribution >= 4 is 23.1 Å². The van der Waals surface area contributed by atoms with Crippen molar-refractivity contribution in [3.05, 3.63) is 88.4 Å². The second-order valence-electron chi connectivity index (χ2n) is 11.2. The van der Waals surface area contributed by atoms with Gasteiger partial charge in [0.2, 0.25) is 5.91 Å². The number of carbonyl (C=O) groups excluding carboxylic acids is 2. The molecule has 3 N–H and O–H groups in total.